The van der Waals surface area contributed by atoms with Crippen molar-refractivity contribution in [3.05, 3.63) is 68.8 Å². The molecule has 1 amide bonds. The van der Waals surface area contributed by atoms with Crippen molar-refractivity contribution >= 4 is 40.6 Å². The first-order chi connectivity index (χ1) is 12.2. The Morgan fingerprint density at radius 3 is 2.42 bits per heavy atom. The summed E-state index contributed by atoms with van der Waals surface area (Å²) in [4.78, 5) is 33.6. The van der Waals surface area contributed by atoms with Gasteiger partial charge in [0.25, 0.3) is 11.6 Å². The molecule has 0 spiro atoms. The van der Waals surface area contributed by atoms with E-state index in [1.165, 1.54) is 37.3 Å². The predicted molar refractivity (Wildman–Crippen MR) is 97.0 cm³/mol. The molecule has 0 aliphatic carbocycles. The Balaban J connectivity index is 2.12. The maximum atomic E-state index is 12.2. The average Bonchev–Trinajstić information content (AvgIpc) is 2.55. The van der Waals surface area contributed by atoms with Gasteiger partial charge in [-0.2, -0.15) is 0 Å². The number of aromatic carboxylic acids is 1. The first-order valence-corrected chi connectivity index (χ1v) is 7.80. The third kappa shape index (κ3) is 4.19. The minimum absolute atomic E-state index is 0.00937. The van der Waals surface area contributed by atoms with Gasteiger partial charge in [0.1, 0.15) is 0 Å². The standard InChI is InChI=1S/C17H15N3O5S/c1-9-8-11(6-7-14(9)20(24)25)15(21)19-17(26)18-13-5-3-4-12(10(13)2)16(22)23/h3-8H,1-2H3,(H,22,23)(H2,18,19,21,26)/p-1. The topological polar surface area (TPSA) is 124 Å². The van der Waals surface area contributed by atoms with Crippen molar-refractivity contribution in [1.29, 1.82) is 0 Å². The van der Waals surface area contributed by atoms with Gasteiger partial charge in [0.2, 0.25) is 0 Å². The number of carbonyl (C=O) groups excluding carboxylic acids is 2. The number of thiocarbonyl (C=S) groups is 1. The molecule has 2 rings (SSSR count). The van der Waals surface area contributed by atoms with E-state index in [9.17, 15) is 24.8 Å². The summed E-state index contributed by atoms with van der Waals surface area (Å²) in [6, 6.07) is 8.48. The lowest BCUT2D eigenvalue weighted by Gasteiger charge is -2.15. The van der Waals surface area contributed by atoms with Gasteiger partial charge in [-0.1, -0.05) is 12.1 Å². The molecule has 0 aliphatic heterocycles. The number of benzene rings is 2. The number of rotatable bonds is 4. The van der Waals surface area contributed by atoms with Crippen molar-refractivity contribution < 1.29 is 19.6 Å². The van der Waals surface area contributed by atoms with Crippen LogP contribution in [-0.2, 0) is 0 Å². The molecule has 0 saturated carbocycles. The molecular formula is C17H14N3O5S-. The second-order valence-corrected chi connectivity index (χ2v) is 5.84. The van der Waals surface area contributed by atoms with Gasteiger partial charge in [0.05, 0.1) is 10.9 Å². The van der Waals surface area contributed by atoms with E-state index >= 15 is 0 Å². The van der Waals surface area contributed by atoms with E-state index in [0.29, 0.717) is 16.8 Å². The van der Waals surface area contributed by atoms with Crippen LogP contribution in [0, 0.1) is 24.0 Å². The fourth-order valence-corrected chi connectivity index (χ4v) is 2.53. The van der Waals surface area contributed by atoms with Gasteiger partial charge in [-0.15, -0.1) is 0 Å². The maximum Gasteiger partial charge on any atom is 0.272 e. The summed E-state index contributed by atoms with van der Waals surface area (Å²) < 4.78 is 0. The molecule has 0 heterocycles. The van der Waals surface area contributed by atoms with Crippen LogP contribution in [0.15, 0.2) is 36.4 Å². The van der Waals surface area contributed by atoms with Crippen LogP contribution in [0.25, 0.3) is 0 Å². The number of nitro benzene ring substituents is 1. The van der Waals surface area contributed by atoms with Crippen LogP contribution in [0.3, 0.4) is 0 Å². The Hall–Kier alpha value is -3.33. The normalized spacial score (nSPS) is 10.1. The zero-order chi connectivity index (χ0) is 19.4. The fourth-order valence-electron chi connectivity index (χ4n) is 2.32. The van der Waals surface area contributed by atoms with Crippen LogP contribution in [0.2, 0.25) is 0 Å². The molecule has 0 radical (unpaired) electrons. The molecule has 8 nitrogen and oxygen atoms in total. The zero-order valence-corrected chi connectivity index (χ0v) is 14.7. The molecule has 0 bridgehead atoms. The molecule has 2 aromatic carbocycles. The van der Waals surface area contributed by atoms with Gasteiger partial charge in [-0.25, -0.2) is 0 Å². The lowest BCUT2D eigenvalue weighted by atomic mass is 10.1. The van der Waals surface area contributed by atoms with E-state index in [2.05, 4.69) is 10.6 Å². The van der Waals surface area contributed by atoms with E-state index in [1.807, 2.05) is 0 Å². The lowest BCUT2D eigenvalue weighted by molar-refractivity contribution is -0.385. The second-order valence-electron chi connectivity index (χ2n) is 5.43. The van der Waals surface area contributed by atoms with Crippen LogP contribution in [0.1, 0.15) is 31.8 Å². The average molecular weight is 372 g/mol. The van der Waals surface area contributed by atoms with Crippen molar-refractivity contribution in [1.82, 2.24) is 5.32 Å². The molecule has 0 saturated heterocycles. The molecule has 26 heavy (non-hydrogen) atoms. The first kappa shape index (κ1) is 19.0. The lowest BCUT2D eigenvalue weighted by Crippen LogP contribution is -2.34. The van der Waals surface area contributed by atoms with Crippen molar-refractivity contribution in [2.24, 2.45) is 0 Å². The second kappa shape index (κ2) is 7.70. The van der Waals surface area contributed by atoms with Gasteiger partial charge >= 0.3 is 0 Å². The number of amides is 1. The third-order valence-corrected chi connectivity index (χ3v) is 3.89. The Kier molecular flexibility index (Phi) is 5.63. The van der Waals surface area contributed by atoms with Gasteiger partial charge in [-0.05, 0) is 49.8 Å². The Morgan fingerprint density at radius 1 is 1.15 bits per heavy atom. The van der Waals surface area contributed by atoms with Crippen LogP contribution >= 0.6 is 12.2 Å². The number of anilines is 1. The summed E-state index contributed by atoms with van der Waals surface area (Å²) in [5.41, 5.74) is 1.30. The molecule has 0 fully saturated rings. The van der Waals surface area contributed by atoms with Crippen LogP contribution in [0.5, 0.6) is 0 Å². The van der Waals surface area contributed by atoms with E-state index in [4.69, 9.17) is 12.2 Å². The van der Waals surface area contributed by atoms with Gasteiger partial charge in [-0.3, -0.25) is 20.2 Å². The number of nitrogens with zero attached hydrogens (tertiary/aromatic N) is 1. The number of hydrogen-bond acceptors (Lipinski definition) is 6. The van der Waals surface area contributed by atoms with E-state index in [-0.39, 0.29) is 21.9 Å². The van der Waals surface area contributed by atoms with E-state index in [1.54, 1.807) is 13.0 Å². The summed E-state index contributed by atoms with van der Waals surface area (Å²) in [7, 11) is 0. The van der Waals surface area contributed by atoms with Crippen molar-refractivity contribution in [2.45, 2.75) is 13.8 Å². The molecule has 2 aromatic rings. The predicted octanol–water partition coefficient (Wildman–Crippen LogP) is 1.70. The highest BCUT2D eigenvalue weighted by Gasteiger charge is 2.15. The first-order valence-electron chi connectivity index (χ1n) is 7.39. The third-order valence-electron chi connectivity index (χ3n) is 3.68. The molecule has 0 aliphatic rings. The summed E-state index contributed by atoms with van der Waals surface area (Å²) in [6.45, 7) is 3.11. The Bertz CT molecular complexity index is 927. The summed E-state index contributed by atoms with van der Waals surface area (Å²) in [5, 5.41) is 27.0. The smallest absolute Gasteiger partial charge is 0.272 e. The number of carbonyl (C=O) groups is 2. The summed E-state index contributed by atoms with van der Waals surface area (Å²) in [5.74, 6) is -1.86. The molecule has 134 valence electrons. The van der Waals surface area contributed by atoms with E-state index < -0.39 is 16.8 Å². The number of carboxylic acids is 1. The Morgan fingerprint density at radius 2 is 1.85 bits per heavy atom. The zero-order valence-electron chi connectivity index (χ0n) is 13.9. The van der Waals surface area contributed by atoms with Crippen molar-refractivity contribution in [3.8, 4) is 0 Å². The minimum atomic E-state index is -1.32. The van der Waals surface area contributed by atoms with Gasteiger partial charge in [0, 0.05) is 28.4 Å². The maximum absolute atomic E-state index is 12.2. The number of nitrogens with one attached hydrogen (secondary N) is 2. The quantitative estimate of drug-likeness (QED) is 0.475. The van der Waals surface area contributed by atoms with E-state index in [0.717, 1.165) is 0 Å². The van der Waals surface area contributed by atoms with Gasteiger partial charge < -0.3 is 15.2 Å². The molecule has 0 unspecified atom stereocenters. The summed E-state index contributed by atoms with van der Waals surface area (Å²) >= 11 is 5.07. The minimum Gasteiger partial charge on any atom is -0.545 e. The number of hydrogen-bond donors (Lipinski definition) is 2. The van der Waals surface area contributed by atoms with Crippen molar-refractivity contribution in [2.75, 3.05) is 5.32 Å². The Labute approximate surface area is 154 Å². The molecule has 2 N–H and O–H groups in total. The number of aryl methyl sites for hydroxylation is 1. The molecule has 0 atom stereocenters. The number of nitro groups is 1. The monoisotopic (exact) mass is 372 g/mol. The largest absolute Gasteiger partial charge is 0.545 e. The number of carboxylic acid groups (broad SMARTS) is 1. The SMILES string of the molecule is Cc1cc(C(=O)NC(=S)Nc2cccc(C(=O)[O-])c2C)ccc1[N+](=O)[O-]. The molecular weight excluding hydrogens is 358 g/mol. The molecule has 9 heteroatoms. The van der Waals surface area contributed by atoms with Crippen LogP contribution in [0.4, 0.5) is 11.4 Å². The highest BCUT2D eigenvalue weighted by molar-refractivity contribution is 7.80. The van der Waals surface area contributed by atoms with Crippen LogP contribution in [-0.4, -0.2) is 21.9 Å². The fraction of sp³-hybridized carbons (Fsp3) is 0.118. The van der Waals surface area contributed by atoms with Crippen molar-refractivity contribution in [3.63, 3.8) is 0 Å². The summed E-state index contributed by atoms with van der Waals surface area (Å²) in [6.07, 6.45) is 0. The van der Waals surface area contributed by atoms with Gasteiger partial charge in [0.15, 0.2) is 5.11 Å². The highest BCUT2D eigenvalue weighted by atomic mass is 32.1. The van der Waals surface area contributed by atoms with Crippen LogP contribution < -0.4 is 15.7 Å². The highest BCUT2D eigenvalue weighted by Crippen LogP contribution is 2.20. The molecule has 0 aromatic heterocycles.